The maximum absolute atomic E-state index is 12.0. The summed E-state index contributed by atoms with van der Waals surface area (Å²) in [5.74, 6) is -0.199. The van der Waals surface area contributed by atoms with E-state index in [0.717, 1.165) is 25.9 Å². The minimum Gasteiger partial charge on any atom is -0.348 e. The van der Waals surface area contributed by atoms with E-state index in [0.29, 0.717) is 5.56 Å². The summed E-state index contributed by atoms with van der Waals surface area (Å²) in [7, 11) is -3.71. The molecule has 2 rings (SSSR count). The van der Waals surface area contributed by atoms with Crippen molar-refractivity contribution in [1.82, 2.24) is 10.6 Å². The number of primary sulfonamides is 1. The van der Waals surface area contributed by atoms with Gasteiger partial charge in [-0.1, -0.05) is 0 Å². The van der Waals surface area contributed by atoms with Crippen LogP contribution in [0.4, 0.5) is 0 Å². The molecular formula is C12H18ClN3O3S. The smallest absolute Gasteiger partial charge is 0.251 e. The van der Waals surface area contributed by atoms with Crippen LogP contribution in [0.2, 0.25) is 0 Å². The zero-order valence-corrected chi connectivity index (χ0v) is 12.5. The van der Waals surface area contributed by atoms with Crippen LogP contribution in [-0.4, -0.2) is 33.5 Å². The predicted molar refractivity (Wildman–Crippen MR) is 78.4 cm³/mol. The third-order valence-electron chi connectivity index (χ3n) is 3.08. The van der Waals surface area contributed by atoms with Gasteiger partial charge in [-0.2, -0.15) is 0 Å². The Balaban J connectivity index is 0.00000200. The van der Waals surface area contributed by atoms with Crippen molar-refractivity contribution in [2.24, 2.45) is 5.14 Å². The van der Waals surface area contributed by atoms with Crippen molar-refractivity contribution in [3.05, 3.63) is 29.8 Å². The molecule has 0 aliphatic carbocycles. The number of hydrogen-bond acceptors (Lipinski definition) is 4. The highest BCUT2D eigenvalue weighted by atomic mass is 35.5. The van der Waals surface area contributed by atoms with Crippen LogP contribution in [0.15, 0.2) is 29.2 Å². The van der Waals surface area contributed by atoms with Crippen molar-refractivity contribution in [3.63, 3.8) is 0 Å². The highest BCUT2D eigenvalue weighted by Crippen LogP contribution is 2.09. The average molecular weight is 320 g/mol. The van der Waals surface area contributed by atoms with E-state index in [9.17, 15) is 13.2 Å². The fraction of sp³-hybridized carbons (Fsp3) is 0.417. The molecule has 112 valence electrons. The number of hydrogen-bond donors (Lipinski definition) is 3. The second-order valence-electron chi connectivity index (χ2n) is 4.59. The zero-order valence-electron chi connectivity index (χ0n) is 10.8. The number of benzene rings is 1. The van der Waals surface area contributed by atoms with Crippen LogP contribution >= 0.6 is 12.4 Å². The van der Waals surface area contributed by atoms with Crippen molar-refractivity contribution in [3.8, 4) is 0 Å². The summed E-state index contributed by atoms with van der Waals surface area (Å²) in [6, 6.07) is 5.72. The van der Waals surface area contributed by atoms with Crippen molar-refractivity contribution in [2.45, 2.75) is 23.8 Å². The standard InChI is InChI=1S/C12H17N3O3S.ClH/c13-19(17,18)11-5-3-9(4-6-11)12(16)15-10-2-1-7-14-8-10;/h3-6,10,14H,1-2,7-8H2,(H,15,16)(H2,13,17,18);1H/t10-;/m0./s1. The predicted octanol–water partition coefficient (Wildman–Crippen LogP) is 0.238. The molecule has 4 N–H and O–H groups in total. The molecule has 1 heterocycles. The van der Waals surface area contributed by atoms with Gasteiger partial charge in [-0.3, -0.25) is 4.79 Å². The Bertz CT molecular complexity index is 554. The van der Waals surface area contributed by atoms with Gasteiger partial charge in [-0.25, -0.2) is 13.6 Å². The molecule has 1 aromatic rings. The van der Waals surface area contributed by atoms with Gasteiger partial charge in [0.15, 0.2) is 0 Å². The second-order valence-corrected chi connectivity index (χ2v) is 6.15. The van der Waals surface area contributed by atoms with E-state index in [1.165, 1.54) is 24.3 Å². The van der Waals surface area contributed by atoms with Crippen LogP contribution in [0.1, 0.15) is 23.2 Å². The van der Waals surface area contributed by atoms with E-state index in [4.69, 9.17) is 5.14 Å². The molecule has 1 atom stereocenters. The molecule has 0 radical (unpaired) electrons. The number of carbonyl (C=O) groups excluding carboxylic acids is 1. The van der Waals surface area contributed by atoms with Crippen LogP contribution < -0.4 is 15.8 Å². The lowest BCUT2D eigenvalue weighted by molar-refractivity contribution is 0.0930. The van der Waals surface area contributed by atoms with Gasteiger partial charge in [0.05, 0.1) is 4.90 Å². The number of nitrogens with two attached hydrogens (primary N) is 1. The minimum absolute atomic E-state index is 0. The van der Waals surface area contributed by atoms with Gasteiger partial charge in [0, 0.05) is 18.2 Å². The lowest BCUT2D eigenvalue weighted by Gasteiger charge is -2.23. The normalized spacial score (nSPS) is 18.9. The Morgan fingerprint density at radius 1 is 1.30 bits per heavy atom. The minimum atomic E-state index is -3.71. The number of nitrogens with one attached hydrogen (secondary N) is 2. The van der Waals surface area contributed by atoms with Gasteiger partial charge in [-0.05, 0) is 43.7 Å². The second kappa shape index (κ2) is 7.03. The number of halogens is 1. The van der Waals surface area contributed by atoms with E-state index in [1.54, 1.807) is 0 Å². The van der Waals surface area contributed by atoms with Crippen molar-refractivity contribution in [1.29, 1.82) is 0 Å². The topological polar surface area (TPSA) is 101 Å². The molecule has 0 spiro atoms. The summed E-state index contributed by atoms with van der Waals surface area (Å²) in [6.45, 7) is 1.75. The fourth-order valence-electron chi connectivity index (χ4n) is 2.04. The Hall–Kier alpha value is -1.15. The quantitative estimate of drug-likeness (QED) is 0.742. The summed E-state index contributed by atoms with van der Waals surface area (Å²) in [5, 5.41) is 11.1. The van der Waals surface area contributed by atoms with Crippen LogP contribution in [0, 0.1) is 0 Å². The molecule has 1 saturated heterocycles. The average Bonchev–Trinajstić information content (AvgIpc) is 2.39. The molecule has 0 bridgehead atoms. The van der Waals surface area contributed by atoms with E-state index in [1.807, 2.05) is 0 Å². The van der Waals surface area contributed by atoms with Crippen molar-refractivity contribution in [2.75, 3.05) is 13.1 Å². The van der Waals surface area contributed by atoms with Gasteiger partial charge in [-0.15, -0.1) is 12.4 Å². The maximum Gasteiger partial charge on any atom is 0.251 e. The number of carbonyl (C=O) groups is 1. The molecule has 6 nitrogen and oxygen atoms in total. The molecule has 1 aromatic carbocycles. The first-order valence-electron chi connectivity index (χ1n) is 6.11. The first-order valence-corrected chi connectivity index (χ1v) is 7.66. The molecule has 1 fully saturated rings. The van der Waals surface area contributed by atoms with Gasteiger partial charge < -0.3 is 10.6 Å². The summed E-state index contributed by atoms with van der Waals surface area (Å²) in [4.78, 5) is 12.0. The maximum atomic E-state index is 12.0. The summed E-state index contributed by atoms with van der Waals surface area (Å²) in [5.41, 5.74) is 0.429. The van der Waals surface area contributed by atoms with Gasteiger partial charge in [0.2, 0.25) is 10.0 Å². The molecule has 20 heavy (non-hydrogen) atoms. The van der Waals surface area contributed by atoms with Crippen LogP contribution in [-0.2, 0) is 10.0 Å². The molecular weight excluding hydrogens is 302 g/mol. The van der Waals surface area contributed by atoms with Crippen LogP contribution in [0.25, 0.3) is 0 Å². The third-order valence-corrected chi connectivity index (χ3v) is 4.01. The highest BCUT2D eigenvalue weighted by Gasteiger charge is 2.16. The first-order chi connectivity index (χ1) is 8.97. The molecule has 0 saturated carbocycles. The third kappa shape index (κ3) is 4.45. The summed E-state index contributed by atoms with van der Waals surface area (Å²) in [6.07, 6.45) is 1.99. The van der Waals surface area contributed by atoms with E-state index in [2.05, 4.69) is 10.6 Å². The molecule has 0 unspecified atom stereocenters. The summed E-state index contributed by atoms with van der Waals surface area (Å²) >= 11 is 0. The first kappa shape index (κ1) is 16.9. The zero-order chi connectivity index (χ0) is 13.9. The largest absolute Gasteiger partial charge is 0.348 e. The fourth-order valence-corrected chi connectivity index (χ4v) is 2.56. The molecule has 8 heteroatoms. The van der Waals surface area contributed by atoms with Crippen LogP contribution in [0.5, 0.6) is 0 Å². The van der Waals surface area contributed by atoms with E-state index < -0.39 is 10.0 Å². The van der Waals surface area contributed by atoms with Crippen LogP contribution in [0.3, 0.4) is 0 Å². The van der Waals surface area contributed by atoms with E-state index >= 15 is 0 Å². The molecule has 1 amide bonds. The summed E-state index contributed by atoms with van der Waals surface area (Å²) < 4.78 is 22.2. The Kier molecular flexibility index (Phi) is 5.94. The van der Waals surface area contributed by atoms with Gasteiger partial charge in [0.1, 0.15) is 0 Å². The molecule has 1 aliphatic rings. The SMILES string of the molecule is Cl.NS(=O)(=O)c1ccc(C(=O)N[C@H]2CCCNC2)cc1. The molecule has 1 aliphatic heterocycles. The molecule has 0 aromatic heterocycles. The lowest BCUT2D eigenvalue weighted by atomic mass is 10.1. The Morgan fingerprint density at radius 3 is 2.45 bits per heavy atom. The Morgan fingerprint density at radius 2 is 1.95 bits per heavy atom. The highest BCUT2D eigenvalue weighted by molar-refractivity contribution is 7.89. The van der Waals surface area contributed by atoms with Gasteiger partial charge in [0.25, 0.3) is 5.91 Å². The van der Waals surface area contributed by atoms with Crippen molar-refractivity contribution >= 4 is 28.3 Å². The number of rotatable bonds is 3. The van der Waals surface area contributed by atoms with E-state index in [-0.39, 0.29) is 29.3 Å². The van der Waals surface area contributed by atoms with Crippen molar-refractivity contribution < 1.29 is 13.2 Å². The van der Waals surface area contributed by atoms with Gasteiger partial charge >= 0.3 is 0 Å². The lowest BCUT2D eigenvalue weighted by Crippen LogP contribution is -2.45. The number of amides is 1. The monoisotopic (exact) mass is 319 g/mol. The number of piperidine rings is 1. The number of sulfonamides is 1. The Labute approximate surface area is 124 Å².